The molecule has 1 N–H and O–H groups in total. The molecule has 0 spiro atoms. The van der Waals surface area contributed by atoms with Gasteiger partial charge in [-0.3, -0.25) is 9.69 Å². The Balaban J connectivity index is 1.50. The van der Waals surface area contributed by atoms with E-state index in [1.54, 1.807) is 29.6 Å². The fourth-order valence-electron chi connectivity index (χ4n) is 4.50. The SMILES string of the molecule is Cc1ccc(C(=O)NC[C@@H](c2ccco2)N2CCCC2)cc1S(=O)(=O)N1CCCCC1. The number of sulfonamides is 1. The van der Waals surface area contributed by atoms with E-state index in [1.807, 2.05) is 12.1 Å². The highest BCUT2D eigenvalue weighted by molar-refractivity contribution is 7.89. The lowest BCUT2D eigenvalue weighted by Crippen LogP contribution is -2.37. The van der Waals surface area contributed by atoms with Crippen molar-refractivity contribution in [3.05, 3.63) is 53.5 Å². The lowest BCUT2D eigenvalue weighted by Gasteiger charge is -2.27. The van der Waals surface area contributed by atoms with Crippen molar-refractivity contribution in [3.8, 4) is 0 Å². The monoisotopic (exact) mass is 445 g/mol. The van der Waals surface area contributed by atoms with Gasteiger partial charge in [0.2, 0.25) is 10.0 Å². The van der Waals surface area contributed by atoms with E-state index in [0.717, 1.165) is 51.0 Å². The van der Waals surface area contributed by atoms with Crippen LogP contribution < -0.4 is 5.32 Å². The lowest BCUT2D eigenvalue weighted by molar-refractivity contribution is 0.0933. The van der Waals surface area contributed by atoms with Crippen molar-refractivity contribution in [1.82, 2.24) is 14.5 Å². The smallest absolute Gasteiger partial charge is 0.251 e. The van der Waals surface area contributed by atoms with E-state index >= 15 is 0 Å². The summed E-state index contributed by atoms with van der Waals surface area (Å²) in [5, 5.41) is 2.99. The van der Waals surface area contributed by atoms with Crippen molar-refractivity contribution >= 4 is 15.9 Å². The van der Waals surface area contributed by atoms with Crippen LogP contribution in [0.2, 0.25) is 0 Å². The highest BCUT2D eigenvalue weighted by Gasteiger charge is 2.29. The van der Waals surface area contributed by atoms with Crippen LogP contribution in [0.4, 0.5) is 0 Å². The Hall–Kier alpha value is -2.16. The summed E-state index contributed by atoms with van der Waals surface area (Å²) in [7, 11) is -3.60. The zero-order valence-corrected chi connectivity index (χ0v) is 18.9. The van der Waals surface area contributed by atoms with Gasteiger partial charge in [-0.1, -0.05) is 12.5 Å². The molecule has 8 heteroatoms. The summed E-state index contributed by atoms with van der Waals surface area (Å²) in [4.78, 5) is 15.5. The lowest BCUT2D eigenvalue weighted by atomic mass is 10.1. The van der Waals surface area contributed by atoms with Crippen LogP contribution in [0, 0.1) is 6.92 Å². The minimum Gasteiger partial charge on any atom is -0.468 e. The molecule has 2 aliphatic rings. The maximum absolute atomic E-state index is 13.2. The van der Waals surface area contributed by atoms with Gasteiger partial charge >= 0.3 is 0 Å². The first kappa shape index (κ1) is 22.0. The molecule has 1 aromatic carbocycles. The topological polar surface area (TPSA) is 82.9 Å². The minimum absolute atomic E-state index is 0.0246. The number of likely N-dealkylation sites (tertiary alicyclic amines) is 1. The van der Waals surface area contributed by atoms with Crippen LogP contribution in [0.25, 0.3) is 0 Å². The number of carbonyl (C=O) groups excluding carboxylic acids is 1. The van der Waals surface area contributed by atoms with Crippen LogP contribution in [0.1, 0.15) is 59.8 Å². The number of aryl methyl sites for hydroxylation is 1. The summed E-state index contributed by atoms with van der Waals surface area (Å²) in [6.07, 6.45) is 6.74. The van der Waals surface area contributed by atoms with E-state index < -0.39 is 10.0 Å². The van der Waals surface area contributed by atoms with Gasteiger partial charge in [-0.05, 0) is 75.5 Å². The fraction of sp³-hybridized carbons (Fsp3) is 0.522. The number of benzene rings is 1. The van der Waals surface area contributed by atoms with E-state index in [2.05, 4.69) is 10.2 Å². The molecule has 168 valence electrons. The Kier molecular flexibility index (Phi) is 6.79. The molecule has 2 saturated heterocycles. The van der Waals surface area contributed by atoms with Gasteiger partial charge in [-0.2, -0.15) is 4.31 Å². The second-order valence-electron chi connectivity index (χ2n) is 8.43. The second kappa shape index (κ2) is 9.54. The third-order valence-electron chi connectivity index (χ3n) is 6.29. The average molecular weight is 446 g/mol. The summed E-state index contributed by atoms with van der Waals surface area (Å²) in [5.74, 6) is 0.560. The molecule has 0 saturated carbocycles. The molecule has 1 atom stereocenters. The Morgan fingerprint density at radius 1 is 1.06 bits per heavy atom. The molecule has 3 heterocycles. The Labute approximate surface area is 184 Å². The van der Waals surface area contributed by atoms with Gasteiger partial charge in [0, 0.05) is 25.2 Å². The maximum atomic E-state index is 13.2. The van der Waals surface area contributed by atoms with Crippen LogP contribution in [-0.4, -0.2) is 56.3 Å². The molecule has 31 heavy (non-hydrogen) atoms. The predicted octanol–water partition coefficient (Wildman–Crippen LogP) is 3.33. The molecule has 1 aromatic heterocycles. The molecule has 0 bridgehead atoms. The molecule has 0 aliphatic carbocycles. The van der Waals surface area contributed by atoms with Crippen molar-refractivity contribution < 1.29 is 17.6 Å². The van der Waals surface area contributed by atoms with Gasteiger partial charge in [-0.25, -0.2) is 8.42 Å². The normalized spacial score (nSPS) is 19.4. The number of furan rings is 1. The molecule has 1 amide bonds. The number of hydrogen-bond donors (Lipinski definition) is 1. The number of hydrogen-bond acceptors (Lipinski definition) is 5. The number of amides is 1. The van der Waals surface area contributed by atoms with Crippen LogP contribution in [0.5, 0.6) is 0 Å². The number of nitrogens with one attached hydrogen (secondary N) is 1. The van der Waals surface area contributed by atoms with E-state index in [9.17, 15) is 13.2 Å². The fourth-order valence-corrected chi connectivity index (χ4v) is 6.27. The molecule has 2 aliphatic heterocycles. The highest BCUT2D eigenvalue weighted by Crippen LogP contribution is 2.26. The van der Waals surface area contributed by atoms with E-state index in [0.29, 0.717) is 30.8 Å². The second-order valence-corrected chi connectivity index (χ2v) is 10.3. The highest BCUT2D eigenvalue weighted by atomic mass is 32.2. The third kappa shape index (κ3) is 4.86. The summed E-state index contributed by atoms with van der Waals surface area (Å²) >= 11 is 0. The Bertz CT molecular complexity index is 992. The molecular formula is C23H31N3O4S. The summed E-state index contributed by atoms with van der Waals surface area (Å²) in [5.41, 5.74) is 1.02. The zero-order valence-electron chi connectivity index (χ0n) is 18.0. The maximum Gasteiger partial charge on any atom is 0.251 e. The van der Waals surface area contributed by atoms with Crippen molar-refractivity contribution in [1.29, 1.82) is 0 Å². The molecule has 2 fully saturated rings. The first-order valence-corrected chi connectivity index (χ1v) is 12.6. The van der Waals surface area contributed by atoms with E-state index in [-0.39, 0.29) is 16.8 Å². The average Bonchev–Trinajstić information content (AvgIpc) is 3.50. The number of carbonyl (C=O) groups is 1. The van der Waals surface area contributed by atoms with Crippen LogP contribution in [-0.2, 0) is 10.0 Å². The van der Waals surface area contributed by atoms with Gasteiger partial charge in [-0.15, -0.1) is 0 Å². The Morgan fingerprint density at radius 2 is 1.77 bits per heavy atom. The predicted molar refractivity (Wildman–Crippen MR) is 118 cm³/mol. The first-order chi connectivity index (χ1) is 15.0. The quantitative estimate of drug-likeness (QED) is 0.707. The molecule has 0 unspecified atom stereocenters. The van der Waals surface area contributed by atoms with Gasteiger partial charge < -0.3 is 9.73 Å². The van der Waals surface area contributed by atoms with Crippen LogP contribution in [0.15, 0.2) is 45.9 Å². The van der Waals surface area contributed by atoms with Gasteiger partial charge in [0.1, 0.15) is 5.76 Å². The van der Waals surface area contributed by atoms with Crippen LogP contribution in [0.3, 0.4) is 0 Å². The van der Waals surface area contributed by atoms with Gasteiger partial charge in [0.05, 0.1) is 17.2 Å². The van der Waals surface area contributed by atoms with Crippen LogP contribution >= 0.6 is 0 Å². The van der Waals surface area contributed by atoms with Crippen molar-refractivity contribution in [3.63, 3.8) is 0 Å². The number of rotatable bonds is 7. The molecular weight excluding hydrogens is 414 g/mol. The van der Waals surface area contributed by atoms with Crippen molar-refractivity contribution in [2.75, 3.05) is 32.7 Å². The molecule has 4 rings (SSSR count). The number of piperidine rings is 1. The number of nitrogens with zero attached hydrogens (tertiary/aromatic N) is 2. The largest absolute Gasteiger partial charge is 0.468 e. The molecule has 7 nitrogen and oxygen atoms in total. The third-order valence-corrected chi connectivity index (χ3v) is 8.33. The van der Waals surface area contributed by atoms with Crippen molar-refractivity contribution in [2.45, 2.75) is 50.0 Å². The summed E-state index contributed by atoms with van der Waals surface area (Å²) in [6.45, 7) is 5.22. The van der Waals surface area contributed by atoms with E-state index in [1.165, 1.54) is 6.07 Å². The zero-order chi connectivity index (χ0) is 21.8. The molecule has 0 radical (unpaired) electrons. The van der Waals surface area contributed by atoms with E-state index in [4.69, 9.17) is 4.42 Å². The van der Waals surface area contributed by atoms with Crippen molar-refractivity contribution in [2.24, 2.45) is 0 Å². The first-order valence-electron chi connectivity index (χ1n) is 11.1. The van der Waals surface area contributed by atoms with Gasteiger partial charge in [0.25, 0.3) is 5.91 Å². The minimum atomic E-state index is -3.60. The van der Waals surface area contributed by atoms with Gasteiger partial charge in [0.15, 0.2) is 0 Å². The Morgan fingerprint density at radius 3 is 2.45 bits per heavy atom. The standard InChI is InChI=1S/C23H31N3O4S/c1-18-9-10-19(16-22(18)31(28,29)26-13-3-2-4-14-26)23(27)24-17-20(21-8-7-15-30-21)25-11-5-6-12-25/h7-10,15-16,20H,2-6,11-14,17H2,1H3,(H,24,27)/t20-/m0/s1. The molecule has 2 aromatic rings. The summed E-state index contributed by atoms with van der Waals surface area (Å²) in [6, 6.07) is 8.70. The summed E-state index contributed by atoms with van der Waals surface area (Å²) < 4.78 is 33.5.